The van der Waals surface area contributed by atoms with Crippen molar-refractivity contribution in [1.82, 2.24) is 0 Å². The van der Waals surface area contributed by atoms with Crippen LogP contribution in [0.25, 0.3) is 6.08 Å². The summed E-state index contributed by atoms with van der Waals surface area (Å²) in [5.41, 5.74) is 2.54. The molecule has 6 heteroatoms. The number of rotatable bonds is 5. The molecular weight excluding hydrogens is 352 g/mol. The second kappa shape index (κ2) is 8.74. The van der Waals surface area contributed by atoms with Crippen LogP contribution < -0.4 is 15.0 Å². The molecule has 3 rings (SSSR count). The van der Waals surface area contributed by atoms with Crippen molar-refractivity contribution in [1.29, 1.82) is 0 Å². The largest absolute Gasteiger partial charge is 0.497 e. The number of halogens is 1. The van der Waals surface area contributed by atoms with Crippen molar-refractivity contribution in [2.24, 2.45) is 0 Å². The van der Waals surface area contributed by atoms with Gasteiger partial charge in [-0.2, -0.15) is 0 Å². The fraction of sp³-hybridized carbons (Fsp3) is 0.250. The third-order valence-electron chi connectivity index (χ3n) is 4.11. The van der Waals surface area contributed by atoms with Crippen LogP contribution in [0.1, 0.15) is 5.56 Å². The third-order valence-corrected chi connectivity index (χ3v) is 4.41. The Balaban J connectivity index is 1.61. The first-order valence-corrected chi connectivity index (χ1v) is 8.79. The van der Waals surface area contributed by atoms with E-state index in [2.05, 4.69) is 10.2 Å². The average molecular weight is 373 g/mol. The van der Waals surface area contributed by atoms with Gasteiger partial charge in [-0.25, -0.2) is 0 Å². The number of morpholine rings is 1. The maximum atomic E-state index is 12.1. The summed E-state index contributed by atoms with van der Waals surface area (Å²) in [4.78, 5) is 14.3. The third kappa shape index (κ3) is 4.77. The van der Waals surface area contributed by atoms with Crippen LogP contribution in [0.15, 0.2) is 48.5 Å². The number of benzene rings is 2. The number of amides is 1. The molecular formula is C20H21ClN2O3. The summed E-state index contributed by atoms with van der Waals surface area (Å²) in [5, 5.41) is 3.44. The molecule has 0 unspecified atom stereocenters. The van der Waals surface area contributed by atoms with E-state index in [-0.39, 0.29) is 5.91 Å². The first-order chi connectivity index (χ1) is 12.7. The van der Waals surface area contributed by atoms with Crippen LogP contribution in [0.2, 0.25) is 5.02 Å². The number of ether oxygens (including phenoxy) is 2. The molecule has 26 heavy (non-hydrogen) atoms. The molecule has 0 bridgehead atoms. The van der Waals surface area contributed by atoms with Crippen molar-refractivity contribution in [2.75, 3.05) is 43.6 Å². The number of carbonyl (C=O) groups is 1. The van der Waals surface area contributed by atoms with Gasteiger partial charge in [-0.1, -0.05) is 23.7 Å². The number of nitrogens with one attached hydrogen (secondary N) is 1. The second-order valence-corrected chi connectivity index (χ2v) is 6.27. The molecule has 0 aromatic heterocycles. The molecule has 1 aliphatic heterocycles. The van der Waals surface area contributed by atoms with Gasteiger partial charge in [-0.05, 0) is 42.0 Å². The molecule has 5 nitrogen and oxygen atoms in total. The zero-order valence-corrected chi connectivity index (χ0v) is 15.3. The molecule has 1 fully saturated rings. The molecule has 0 atom stereocenters. The molecule has 1 N–H and O–H groups in total. The predicted octanol–water partition coefficient (Wildman–Crippen LogP) is 3.84. The normalized spacial score (nSPS) is 14.5. The van der Waals surface area contributed by atoms with Gasteiger partial charge in [0.05, 0.1) is 31.0 Å². The molecule has 0 aliphatic carbocycles. The maximum Gasteiger partial charge on any atom is 0.248 e. The molecule has 1 saturated heterocycles. The van der Waals surface area contributed by atoms with Gasteiger partial charge < -0.3 is 19.7 Å². The highest BCUT2D eigenvalue weighted by Crippen LogP contribution is 2.29. The lowest BCUT2D eigenvalue weighted by molar-refractivity contribution is -0.111. The van der Waals surface area contributed by atoms with Gasteiger partial charge in [-0.3, -0.25) is 4.79 Å². The fourth-order valence-corrected chi connectivity index (χ4v) is 3.02. The van der Waals surface area contributed by atoms with Crippen LogP contribution in [-0.4, -0.2) is 39.3 Å². The quantitative estimate of drug-likeness (QED) is 0.810. The molecule has 136 valence electrons. The Labute approximate surface area is 158 Å². The van der Waals surface area contributed by atoms with Crippen molar-refractivity contribution in [3.05, 3.63) is 59.1 Å². The van der Waals surface area contributed by atoms with E-state index in [1.807, 2.05) is 36.4 Å². The minimum atomic E-state index is -0.212. The Bertz CT molecular complexity index is 784. The number of methoxy groups -OCH3 is 1. The Morgan fingerprint density at radius 1 is 1.19 bits per heavy atom. The summed E-state index contributed by atoms with van der Waals surface area (Å²) in [5.74, 6) is 0.567. The Hall–Kier alpha value is -2.50. The molecule has 0 spiro atoms. The molecule has 1 heterocycles. The summed E-state index contributed by atoms with van der Waals surface area (Å²) in [6.45, 7) is 3.03. The summed E-state index contributed by atoms with van der Waals surface area (Å²) in [7, 11) is 1.62. The molecule has 0 saturated carbocycles. The number of carbonyl (C=O) groups excluding carboxylic acids is 1. The fourth-order valence-electron chi connectivity index (χ4n) is 2.72. The lowest BCUT2D eigenvalue weighted by Crippen LogP contribution is -2.36. The molecule has 2 aromatic carbocycles. The van der Waals surface area contributed by atoms with Crippen molar-refractivity contribution in [3.8, 4) is 5.75 Å². The number of hydrogen-bond acceptors (Lipinski definition) is 4. The highest BCUT2D eigenvalue weighted by molar-refractivity contribution is 6.33. The minimum absolute atomic E-state index is 0.212. The summed E-state index contributed by atoms with van der Waals surface area (Å²) >= 11 is 6.38. The van der Waals surface area contributed by atoms with Crippen molar-refractivity contribution in [3.63, 3.8) is 0 Å². The Morgan fingerprint density at radius 2 is 1.92 bits per heavy atom. The number of anilines is 2. The van der Waals surface area contributed by atoms with Gasteiger partial charge >= 0.3 is 0 Å². The van der Waals surface area contributed by atoms with Crippen LogP contribution in [0.5, 0.6) is 5.75 Å². The van der Waals surface area contributed by atoms with Gasteiger partial charge in [0.25, 0.3) is 0 Å². The second-order valence-electron chi connectivity index (χ2n) is 5.86. The van der Waals surface area contributed by atoms with Crippen molar-refractivity contribution in [2.45, 2.75) is 0 Å². The summed E-state index contributed by atoms with van der Waals surface area (Å²) in [6, 6.07) is 13.0. The van der Waals surface area contributed by atoms with Gasteiger partial charge in [0.2, 0.25) is 5.91 Å². The Morgan fingerprint density at radius 3 is 2.58 bits per heavy atom. The molecule has 2 aromatic rings. The first kappa shape index (κ1) is 18.3. The first-order valence-electron chi connectivity index (χ1n) is 8.41. The van der Waals surface area contributed by atoms with Gasteiger partial charge in [-0.15, -0.1) is 0 Å². The maximum absolute atomic E-state index is 12.1. The number of hydrogen-bond donors (Lipinski definition) is 1. The van der Waals surface area contributed by atoms with Crippen LogP contribution in [0.4, 0.5) is 11.4 Å². The van der Waals surface area contributed by atoms with E-state index < -0.39 is 0 Å². The van der Waals surface area contributed by atoms with E-state index in [4.69, 9.17) is 21.1 Å². The lowest BCUT2D eigenvalue weighted by atomic mass is 10.2. The topological polar surface area (TPSA) is 50.8 Å². The van der Waals surface area contributed by atoms with Crippen LogP contribution in [0.3, 0.4) is 0 Å². The monoisotopic (exact) mass is 372 g/mol. The van der Waals surface area contributed by atoms with Gasteiger partial charge in [0.15, 0.2) is 0 Å². The SMILES string of the molecule is COc1ccc(C=CC(=O)Nc2ccc(N3CCOCC3)c(Cl)c2)cc1. The molecule has 0 radical (unpaired) electrons. The molecule has 1 aliphatic rings. The average Bonchev–Trinajstić information content (AvgIpc) is 2.67. The van der Waals surface area contributed by atoms with Crippen LogP contribution in [0, 0.1) is 0 Å². The van der Waals surface area contributed by atoms with E-state index in [0.717, 1.165) is 30.1 Å². The van der Waals surface area contributed by atoms with Gasteiger partial charge in [0, 0.05) is 24.9 Å². The summed E-state index contributed by atoms with van der Waals surface area (Å²) < 4.78 is 10.5. The smallest absolute Gasteiger partial charge is 0.248 e. The highest BCUT2D eigenvalue weighted by atomic mass is 35.5. The van der Waals surface area contributed by atoms with E-state index in [1.54, 1.807) is 19.3 Å². The van der Waals surface area contributed by atoms with E-state index in [1.165, 1.54) is 6.08 Å². The highest BCUT2D eigenvalue weighted by Gasteiger charge is 2.14. The number of nitrogens with zero attached hydrogens (tertiary/aromatic N) is 1. The van der Waals surface area contributed by atoms with E-state index in [0.29, 0.717) is 23.9 Å². The van der Waals surface area contributed by atoms with Gasteiger partial charge in [0.1, 0.15) is 5.75 Å². The lowest BCUT2D eigenvalue weighted by Gasteiger charge is -2.29. The standard InChI is InChI=1S/C20H21ClN2O3/c1-25-17-6-2-15(3-7-17)4-9-20(24)22-16-5-8-19(18(21)14-16)23-10-12-26-13-11-23/h2-9,14H,10-13H2,1H3,(H,22,24). The van der Waals surface area contributed by atoms with Crippen LogP contribution in [-0.2, 0) is 9.53 Å². The van der Waals surface area contributed by atoms with Crippen LogP contribution >= 0.6 is 11.6 Å². The zero-order valence-electron chi connectivity index (χ0n) is 14.6. The molecule has 1 amide bonds. The zero-order chi connectivity index (χ0) is 18.4. The summed E-state index contributed by atoms with van der Waals surface area (Å²) in [6.07, 6.45) is 3.24. The van der Waals surface area contributed by atoms with Crippen molar-refractivity contribution >= 4 is 35.0 Å². The predicted molar refractivity (Wildman–Crippen MR) is 105 cm³/mol. The van der Waals surface area contributed by atoms with E-state index in [9.17, 15) is 4.79 Å². The van der Waals surface area contributed by atoms with Crippen molar-refractivity contribution < 1.29 is 14.3 Å². The van der Waals surface area contributed by atoms with E-state index >= 15 is 0 Å². The minimum Gasteiger partial charge on any atom is -0.497 e. The Kier molecular flexibility index (Phi) is 6.15.